The van der Waals surface area contributed by atoms with Crippen molar-refractivity contribution in [2.75, 3.05) is 7.11 Å². The molecule has 1 aromatic rings. The van der Waals surface area contributed by atoms with Crippen LogP contribution in [0.4, 0.5) is 4.79 Å². The fraction of sp³-hybridized carbons (Fsp3) is 0.556. The number of amides is 1. The van der Waals surface area contributed by atoms with Crippen molar-refractivity contribution in [2.45, 2.75) is 58.1 Å². The highest BCUT2D eigenvalue weighted by Crippen LogP contribution is 2.12. The molecular formula is C18H27NO4. The molecule has 1 aromatic carbocycles. The van der Waals surface area contributed by atoms with Gasteiger partial charge >= 0.3 is 12.1 Å². The summed E-state index contributed by atoms with van der Waals surface area (Å²) in [7, 11) is 1.38. The van der Waals surface area contributed by atoms with E-state index in [2.05, 4.69) is 10.1 Å². The second-order valence-electron chi connectivity index (χ2n) is 6.50. The van der Waals surface area contributed by atoms with E-state index in [-0.39, 0.29) is 12.0 Å². The molecule has 0 radical (unpaired) electrons. The molecular weight excluding hydrogens is 294 g/mol. The number of carbonyl (C=O) groups is 2. The van der Waals surface area contributed by atoms with Gasteiger partial charge in [-0.3, -0.25) is 4.79 Å². The lowest BCUT2D eigenvalue weighted by Gasteiger charge is -2.23. The van der Waals surface area contributed by atoms with Crippen molar-refractivity contribution in [1.29, 1.82) is 0 Å². The van der Waals surface area contributed by atoms with Gasteiger partial charge in [-0.05, 0) is 45.6 Å². The van der Waals surface area contributed by atoms with Crippen LogP contribution >= 0.6 is 0 Å². The molecule has 0 saturated carbocycles. The monoisotopic (exact) mass is 321 g/mol. The number of esters is 1. The van der Waals surface area contributed by atoms with E-state index < -0.39 is 11.7 Å². The van der Waals surface area contributed by atoms with Crippen molar-refractivity contribution in [2.24, 2.45) is 0 Å². The van der Waals surface area contributed by atoms with Gasteiger partial charge in [0, 0.05) is 12.5 Å². The first-order valence-corrected chi connectivity index (χ1v) is 7.90. The number of methoxy groups -OCH3 is 1. The molecule has 5 nitrogen and oxygen atoms in total. The molecule has 0 bridgehead atoms. The van der Waals surface area contributed by atoms with E-state index in [1.54, 1.807) is 0 Å². The van der Waals surface area contributed by atoms with Crippen LogP contribution in [-0.2, 0) is 20.7 Å². The molecule has 1 unspecified atom stereocenters. The second-order valence-corrected chi connectivity index (χ2v) is 6.50. The fourth-order valence-electron chi connectivity index (χ4n) is 2.19. The first-order chi connectivity index (χ1) is 10.8. The topological polar surface area (TPSA) is 64.6 Å². The fourth-order valence-corrected chi connectivity index (χ4v) is 2.19. The van der Waals surface area contributed by atoms with Crippen LogP contribution in [0.5, 0.6) is 0 Å². The highest BCUT2D eigenvalue weighted by atomic mass is 16.6. The van der Waals surface area contributed by atoms with Crippen molar-refractivity contribution in [3.05, 3.63) is 35.9 Å². The van der Waals surface area contributed by atoms with E-state index in [4.69, 9.17) is 4.74 Å². The summed E-state index contributed by atoms with van der Waals surface area (Å²) in [6.07, 6.45) is 1.94. The smallest absolute Gasteiger partial charge is 0.407 e. The van der Waals surface area contributed by atoms with Crippen LogP contribution in [0, 0.1) is 0 Å². The summed E-state index contributed by atoms with van der Waals surface area (Å²) in [6.45, 7) is 5.49. The first-order valence-electron chi connectivity index (χ1n) is 7.90. The van der Waals surface area contributed by atoms with Gasteiger partial charge in [0.15, 0.2) is 0 Å². The lowest BCUT2D eigenvalue weighted by Crippen LogP contribution is -2.40. The van der Waals surface area contributed by atoms with Crippen molar-refractivity contribution in [3.63, 3.8) is 0 Å². The Labute approximate surface area is 138 Å². The Bertz CT molecular complexity index is 493. The van der Waals surface area contributed by atoms with Gasteiger partial charge in [0.2, 0.25) is 0 Å². The lowest BCUT2D eigenvalue weighted by molar-refractivity contribution is -0.140. The predicted octanol–water partition coefficient (Wildman–Crippen LogP) is 3.47. The molecule has 23 heavy (non-hydrogen) atoms. The van der Waals surface area contributed by atoms with Crippen LogP contribution in [0.15, 0.2) is 30.3 Å². The van der Waals surface area contributed by atoms with Crippen LogP contribution in [0.25, 0.3) is 0 Å². The third kappa shape index (κ3) is 8.86. The number of carbonyl (C=O) groups excluding carboxylic acids is 2. The number of ether oxygens (including phenoxy) is 2. The van der Waals surface area contributed by atoms with E-state index in [1.807, 2.05) is 51.1 Å². The normalized spacial score (nSPS) is 12.3. The Morgan fingerprint density at radius 1 is 1.17 bits per heavy atom. The number of nitrogens with one attached hydrogen (secondary N) is 1. The second kappa shape index (κ2) is 9.18. The minimum Gasteiger partial charge on any atom is -0.469 e. The third-order valence-corrected chi connectivity index (χ3v) is 3.21. The van der Waals surface area contributed by atoms with E-state index in [0.717, 1.165) is 5.56 Å². The summed E-state index contributed by atoms with van der Waals surface area (Å²) in [4.78, 5) is 23.2. The molecule has 0 heterocycles. The van der Waals surface area contributed by atoms with Gasteiger partial charge < -0.3 is 14.8 Å². The Kier molecular flexibility index (Phi) is 7.59. The lowest BCUT2D eigenvalue weighted by atomic mass is 10.0. The number of benzene rings is 1. The van der Waals surface area contributed by atoms with Crippen LogP contribution in [0.3, 0.4) is 0 Å². The molecule has 0 aliphatic carbocycles. The maximum absolute atomic E-state index is 12.0. The van der Waals surface area contributed by atoms with Crippen molar-refractivity contribution < 1.29 is 19.1 Å². The molecule has 0 aromatic heterocycles. The molecule has 0 saturated heterocycles. The molecule has 1 rings (SSSR count). The van der Waals surface area contributed by atoms with Gasteiger partial charge in [-0.15, -0.1) is 0 Å². The number of hydrogen-bond donors (Lipinski definition) is 1. The molecule has 0 fully saturated rings. The van der Waals surface area contributed by atoms with Gasteiger partial charge in [-0.1, -0.05) is 30.3 Å². The third-order valence-electron chi connectivity index (χ3n) is 3.21. The van der Waals surface area contributed by atoms with E-state index in [1.165, 1.54) is 7.11 Å². The Hall–Kier alpha value is -2.04. The largest absolute Gasteiger partial charge is 0.469 e. The number of alkyl carbamates (subject to hydrolysis) is 1. The summed E-state index contributed by atoms with van der Waals surface area (Å²) < 4.78 is 9.96. The van der Waals surface area contributed by atoms with Crippen LogP contribution in [0.2, 0.25) is 0 Å². The highest BCUT2D eigenvalue weighted by molar-refractivity contribution is 5.69. The highest BCUT2D eigenvalue weighted by Gasteiger charge is 2.20. The maximum Gasteiger partial charge on any atom is 0.407 e. The standard InChI is InChI=1S/C18H27NO4/c1-18(2,3)23-17(21)19-15(11-8-12-16(20)22-4)13-14-9-6-5-7-10-14/h5-7,9-10,15H,8,11-13H2,1-4H3,(H,19,21). The van der Waals surface area contributed by atoms with Gasteiger partial charge in [0.05, 0.1) is 7.11 Å². The molecule has 1 atom stereocenters. The van der Waals surface area contributed by atoms with Crippen molar-refractivity contribution in [3.8, 4) is 0 Å². The average molecular weight is 321 g/mol. The van der Waals surface area contributed by atoms with Crippen molar-refractivity contribution >= 4 is 12.1 Å². The van der Waals surface area contributed by atoms with E-state index in [9.17, 15) is 9.59 Å². The quantitative estimate of drug-likeness (QED) is 0.781. The van der Waals surface area contributed by atoms with Gasteiger partial charge in [-0.2, -0.15) is 0 Å². The Morgan fingerprint density at radius 2 is 1.83 bits per heavy atom. The van der Waals surface area contributed by atoms with Gasteiger partial charge in [0.1, 0.15) is 5.60 Å². The zero-order valence-corrected chi connectivity index (χ0v) is 14.4. The Morgan fingerprint density at radius 3 is 2.39 bits per heavy atom. The maximum atomic E-state index is 12.0. The van der Waals surface area contributed by atoms with Crippen molar-refractivity contribution in [1.82, 2.24) is 5.32 Å². The molecule has 0 spiro atoms. The zero-order valence-electron chi connectivity index (χ0n) is 14.4. The minimum atomic E-state index is -0.534. The van der Waals surface area contributed by atoms with E-state index >= 15 is 0 Å². The summed E-state index contributed by atoms with van der Waals surface area (Å²) in [5.74, 6) is -0.235. The summed E-state index contributed by atoms with van der Waals surface area (Å²) in [5, 5.41) is 2.90. The van der Waals surface area contributed by atoms with Crippen LogP contribution in [-0.4, -0.2) is 30.8 Å². The number of rotatable bonds is 7. The predicted molar refractivity (Wildman–Crippen MR) is 89.2 cm³/mol. The van der Waals surface area contributed by atoms with Crippen LogP contribution in [0.1, 0.15) is 45.6 Å². The summed E-state index contributed by atoms with van der Waals surface area (Å²) in [6, 6.07) is 9.84. The van der Waals surface area contributed by atoms with Crippen LogP contribution < -0.4 is 5.32 Å². The van der Waals surface area contributed by atoms with Gasteiger partial charge in [0.25, 0.3) is 0 Å². The average Bonchev–Trinajstić information content (AvgIpc) is 2.45. The molecule has 0 aliphatic heterocycles. The molecule has 1 N–H and O–H groups in total. The SMILES string of the molecule is COC(=O)CCCC(Cc1ccccc1)NC(=O)OC(C)(C)C. The summed E-state index contributed by atoms with van der Waals surface area (Å²) in [5.41, 5.74) is 0.597. The molecule has 5 heteroatoms. The molecule has 1 amide bonds. The minimum absolute atomic E-state index is 0.0862. The van der Waals surface area contributed by atoms with E-state index in [0.29, 0.717) is 25.7 Å². The first kappa shape index (κ1) is 19.0. The van der Waals surface area contributed by atoms with Gasteiger partial charge in [-0.25, -0.2) is 4.79 Å². The Balaban J connectivity index is 2.60. The molecule has 0 aliphatic rings. The number of hydrogen-bond acceptors (Lipinski definition) is 4. The zero-order chi connectivity index (χ0) is 17.3. The summed E-state index contributed by atoms with van der Waals surface area (Å²) >= 11 is 0. The molecule has 128 valence electrons.